The highest BCUT2D eigenvalue weighted by Gasteiger charge is 2.33. The van der Waals surface area contributed by atoms with E-state index in [0.717, 1.165) is 18.5 Å². The first-order chi connectivity index (χ1) is 10.4. The number of hydrogen-bond donors (Lipinski definition) is 2. The minimum atomic E-state index is -3.85. The van der Waals surface area contributed by atoms with Gasteiger partial charge in [0.15, 0.2) is 0 Å². The second-order valence-electron chi connectivity index (χ2n) is 5.12. The monoisotopic (exact) mass is 366 g/mol. The van der Waals surface area contributed by atoms with E-state index >= 15 is 0 Å². The van der Waals surface area contributed by atoms with Gasteiger partial charge in [-0.1, -0.05) is 0 Å². The minimum Gasteiger partial charge on any atom is -0.355 e. The van der Waals surface area contributed by atoms with Gasteiger partial charge < -0.3 is 11.1 Å². The van der Waals surface area contributed by atoms with Crippen LogP contribution in [0.15, 0.2) is 23.4 Å². The molecular formula is C13H20ClFN4O3S. The van der Waals surface area contributed by atoms with E-state index in [2.05, 4.69) is 10.3 Å². The number of sulfonamides is 1. The molecule has 1 atom stereocenters. The Bertz CT molecular complexity index is 644. The zero-order valence-corrected chi connectivity index (χ0v) is 14.1. The van der Waals surface area contributed by atoms with Crippen molar-refractivity contribution in [1.82, 2.24) is 14.6 Å². The number of carbonyl (C=O) groups is 1. The Hall–Kier alpha value is -1.29. The van der Waals surface area contributed by atoms with Crippen LogP contribution in [0.5, 0.6) is 0 Å². The van der Waals surface area contributed by atoms with E-state index in [1.54, 1.807) is 0 Å². The summed E-state index contributed by atoms with van der Waals surface area (Å²) in [4.78, 5) is 15.3. The second kappa shape index (κ2) is 8.53. The third-order valence-electron chi connectivity index (χ3n) is 3.52. The van der Waals surface area contributed by atoms with Gasteiger partial charge in [-0.3, -0.25) is 9.78 Å². The van der Waals surface area contributed by atoms with Crippen molar-refractivity contribution in [1.29, 1.82) is 0 Å². The molecule has 130 valence electrons. The number of nitrogens with zero attached hydrogens (tertiary/aromatic N) is 2. The van der Waals surface area contributed by atoms with Crippen molar-refractivity contribution in [2.45, 2.75) is 17.7 Å². The summed E-state index contributed by atoms with van der Waals surface area (Å²) in [5.41, 5.74) is 5.33. The fraction of sp³-hybridized carbons (Fsp3) is 0.538. The van der Waals surface area contributed by atoms with Gasteiger partial charge >= 0.3 is 0 Å². The summed E-state index contributed by atoms with van der Waals surface area (Å²) in [7, 11) is -3.85. The molecule has 0 saturated carbocycles. The van der Waals surface area contributed by atoms with Crippen molar-refractivity contribution in [2.24, 2.45) is 11.7 Å². The lowest BCUT2D eigenvalue weighted by atomic mass is 9.99. The maximum atomic E-state index is 13.2. The second-order valence-corrected chi connectivity index (χ2v) is 7.06. The van der Waals surface area contributed by atoms with E-state index in [9.17, 15) is 17.6 Å². The average molecular weight is 367 g/mol. The smallest absolute Gasteiger partial charge is 0.244 e. The summed E-state index contributed by atoms with van der Waals surface area (Å²) in [6.45, 7) is 1.07. The van der Waals surface area contributed by atoms with Crippen LogP contribution < -0.4 is 11.1 Å². The first-order valence-corrected chi connectivity index (χ1v) is 8.47. The van der Waals surface area contributed by atoms with Crippen LogP contribution in [0.25, 0.3) is 0 Å². The normalized spacial score (nSPS) is 19.0. The third kappa shape index (κ3) is 4.84. The molecule has 2 heterocycles. The third-order valence-corrected chi connectivity index (χ3v) is 5.35. The molecule has 1 amide bonds. The average Bonchev–Trinajstić information content (AvgIpc) is 2.52. The number of aromatic nitrogens is 1. The molecular weight excluding hydrogens is 347 g/mol. The zero-order valence-electron chi connectivity index (χ0n) is 12.4. The number of piperidine rings is 1. The minimum absolute atomic E-state index is 0. The van der Waals surface area contributed by atoms with E-state index in [-0.39, 0.29) is 29.8 Å². The fourth-order valence-corrected chi connectivity index (χ4v) is 3.90. The highest BCUT2D eigenvalue weighted by Crippen LogP contribution is 2.23. The predicted octanol–water partition coefficient (Wildman–Crippen LogP) is 0.118. The van der Waals surface area contributed by atoms with Crippen molar-refractivity contribution >= 4 is 28.3 Å². The maximum absolute atomic E-state index is 13.2. The highest BCUT2D eigenvalue weighted by atomic mass is 35.5. The maximum Gasteiger partial charge on any atom is 0.244 e. The van der Waals surface area contributed by atoms with Crippen molar-refractivity contribution in [3.63, 3.8) is 0 Å². The van der Waals surface area contributed by atoms with Crippen LogP contribution >= 0.6 is 12.4 Å². The number of rotatable bonds is 5. The Morgan fingerprint density at radius 1 is 1.48 bits per heavy atom. The van der Waals surface area contributed by atoms with Crippen LogP contribution in [0, 0.1) is 11.7 Å². The van der Waals surface area contributed by atoms with E-state index in [1.807, 2.05) is 0 Å². The molecule has 0 aromatic carbocycles. The lowest BCUT2D eigenvalue weighted by molar-refractivity contribution is -0.126. The summed E-state index contributed by atoms with van der Waals surface area (Å²) >= 11 is 0. The van der Waals surface area contributed by atoms with Gasteiger partial charge in [-0.25, -0.2) is 12.8 Å². The fourth-order valence-electron chi connectivity index (χ4n) is 2.40. The first-order valence-electron chi connectivity index (χ1n) is 7.03. The van der Waals surface area contributed by atoms with Gasteiger partial charge in [-0.15, -0.1) is 12.4 Å². The Balaban J connectivity index is 0.00000264. The van der Waals surface area contributed by atoms with Gasteiger partial charge in [0.1, 0.15) is 10.7 Å². The van der Waals surface area contributed by atoms with Crippen molar-refractivity contribution in [3.8, 4) is 0 Å². The number of nitrogens with one attached hydrogen (secondary N) is 1. The Labute approximate surface area is 140 Å². The molecule has 7 nitrogen and oxygen atoms in total. The SMILES string of the molecule is Cl.NCCNC(=O)C1CCCN(S(=O)(=O)c2cncc(F)c2)C1. The molecule has 0 spiro atoms. The topological polar surface area (TPSA) is 105 Å². The molecule has 1 fully saturated rings. The Morgan fingerprint density at radius 3 is 2.87 bits per heavy atom. The van der Waals surface area contributed by atoms with Gasteiger partial charge in [0.25, 0.3) is 0 Å². The molecule has 0 radical (unpaired) electrons. The molecule has 1 unspecified atom stereocenters. The molecule has 1 saturated heterocycles. The van der Waals surface area contributed by atoms with Crippen LogP contribution in [-0.4, -0.2) is 49.8 Å². The quantitative estimate of drug-likeness (QED) is 0.770. The lowest BCUT2D eigenvalue weighted by Crippen LogP contribution is -2.46. The van der Waals surface area contributed by atoms with Gasteiger partial charge in [-0.05, 0) is 18.9 Å². The summed E-state index contributed by atoms with van der Waals surface area (Å²) in [5, 5.41) is 2.67. The van der Waals surface area contributed by atoms with Crippen molar-refractivity contribution in [2.75, 3.05) is 26.2 Å². The van der Waals surface area contributed by atoms with Crippen LogP contribution in [0.3, 0.4) is 0 Å². The molecule has 1 aromatic heterocycles. The standard InChI is InChI=1S/C13H19FN4O3S.ClH/c14-11-6-12(8-16-7-11)22(20,21)18-5-1-2-10(9-18)13(19)17-4-3-15;/h6-8,10H,1-5,9,15H2,(H,17,19);1H. The van der Waals surface area contributed by atoms with Crippen LogP contribution in [0.2, 0.25) is 0 Å². The Kier molecular flexibility index (Phi) is 7.33. The molecule has 23 heavy (non-hydrogen) atoms. The highest BCUT2D eigenvalue weighted by molar-refractivity contribution is 7.89. The van der Waals surface area contributed by atoms with Crippen molar-refractivity contribution in [3.05, 3.63) is 24.3 Å². The van der Waals surface area contributed by atoms with E-state index in [1.165, 1.54) is 4.31 Å². The molecule has 1 aliphatic heterocycles. The largest absolute Gasteiger partial charge is 0.355 e. The van der Waals surface area contributed by atoms with Crippen LogP contribution in [0.1, 0.15) is 12.8 Å². The molecule has 0 bridgehead atoms. The van der Waals surface area contributed by atoms with Gasteiger partial charge in [0, 0.05) is 32.4 Å². The summed E-state index contributed by atoms with van der Waals surface area (Å²) < 4.78 is 39.4. The molecule has 2 rings (SSSR count). The zero-order chi connectivity index (χ0) is 16.2. The van der Waals surface area contributed by atoms with E-state index in [0.29, 0.717) is 32.5 Å². The van der Waals surface area contributed by atoms with Gasteiger partial charge in [-0.2, -0.15) is 4.31 Å². The molecule has 3 N–H and O–H groups in total. The summed E-state index contributed by atoms with van der Waals surface area (Å²) in [6, 6.07) is 0.931. The molecule has 1 aromatic rings. The van der Waals surface area contributed by atoms with Gasteiger partial charge in [0.05, 0.1) is 12.1 Å². The molecule has 10 heteroatoms. The number of amides is 1. The number of nitrogens with two attached hydrogens (primary N) is 1. The van der Waals surface area contributed by atoms with Crippen LogP contribution in [-0.2, 0) is 14.8 Å². The summed E-state index contributed by atoms with van der Waals surface area (Å²) in [6.07, 6.45) is 3.24. The molecule has 1 aliphatic rings. The molecule has 0 aliphatic carbocycles. The number of pyridine rings is 1. The number of hydrogen-bond acceptors (Lipinski definition) is 5. The van der Waals surface area contributed by atoms with Crippen molar-refractivity contribution < 1.29 is 17.6 Å². The van der Waals surface area contributed by atoms with Crippen LogP contribution in [0.4, 0.5) is 4.39 Å². The summed E-state index contributed by atoms with van der Waals surface area (Å²) in [5.74, 6) is -1.34. The Morgan fingerprint density at radius 2 is 2.22 bits per heavy atom. The van der Waals surface area contributed by atoms with E-state index < -0.39 is 21.8 Å². The number of carbonyl (C=O) groups excluding carboxylic acids is 1. The first kappa shape index (κ1) is 19.8. The number of halogens is 2. The lowest BCUT2D eigenvalue weighted by Gasteiger charge is -2.31. The van der Waals surface area contributed by atoms with Gasteiger partial charge in [0.2, 0.25) is 15.9 Å². The predicted molar refractivity (Wildman–Crippen MR) is 85.0 cm³/mol. The van der Waals surface area contributed by atoms with E-state index in [4.69, 9.17) is 5.73 Å².